The predicted octanol–water partition coefficient (Wildman–Crippen LogP) is 9.75. The molecule has 2 atom stereocenters. The minimum absolute atomic E-state index is 0.0243. The molecule has 2 N–H and O–H groups in total. The van der Waals surface area contributed by atoms with Gasteiger partial charge in [-0.2, -0.15) is 0 Å². The Kier molecular flexibility index (Phi) is 6.96. The Morgan fingerprint density at radius 2 is 1.68 bits per heavy atom. The molecule has 0 amide bonds. The maximum Gasteiger partial charge on any atom is 0.337 e. The summed E-state index contributed by atoms with van der Waals surface area (Å²) in [6.45, 7) is 4.96. The fraction of sp³-hybridized carbons (Fsp3) is 0.441. The molecule has 41 heavy (non-hydrogen) atoms. The molecule has 7 rings (SSSR count). The topological polar surface area (TPSA) is 67.8 Å². The molecule has 7 heteroatoms. The van der Waals surface area contributed by atoms with Crippen LogP contribution in [0.5, 0.6) is 17.2 Å². The fourth-order valence-corrected chi connectivity index (χ4v) is 8.73. The van der Waals surface area contributed by atoms with E-state index in [1.807, 2.05) is 6.07 Å². The standard InChI is InChI=1S/C34H37ClFNO4/c1-32-12-4-5-21(16-32)17-33(2)19-34(18-32,20-33)22-6-11-30(26(35)13-22)41-24-8-10-29(27(36)15-24)37-28-9-7-23(40-3)14-25(28)31(38)39/h6-11,13-15,21,37H,4-5,12,16-20H2,1-3H3,(H,38,39). The predicted molar refractivity (Wildman–Crippen MR) is 159 cm³/mol. The highest BCUT2D eigenvalue weighted by Crippen LogP contribution is 2.67. The van der Waals surface area contributed by atoms with Crippen LogP contribution in [0.4, 0.5) is 15.8 Å². The van der Waals surface area contributed by atoms with Crippen molar-refractivity contribution < 1.29 is 23.8 Å². The molecule has 4 bridgehead atoms. The largest absolute Gasteiger partial charge is 0.497 e. The first kappa shape index (κ1) is 27.9. The van der Waals surface area contributed by atoms with Gasteiger partial charge < -0.3 is 19.9 Å². The van der Waals surface area contributed by atoms with E-state index in [0.29, 0.717) is 33.1 Å². The maximum atomic E-state index is 15.1. The van der Waals surface area contributed by atoms with Crippen LogP contribution >= 0.6 is 11.6 Å². The average Bonchev–Trinajstić information content (AvgIpc) is 2.89. The van der Waals surface area contributed by atoms with Crippen molar-refractivity contribution in [3.63, 3.8) is 0 Å². The van der Waals surface area contributed by atoms with E-state index in [9.17, 15) is 9.90 Å². The zero-order valence-electron chi connectivity index (χ0n) is 23.9. The highest BCUT2D eigenvalue weighted by Gasteiger charge is 2.58. The van der Waals surface area contributed by atoms with E-state index < -0.39 is 11.8 Å². The van der Waals surface area contributed by atoms with Crippen molar-refractivity contribution in [2.45, 2.75) is 70.6 Å². The van der Waals surface area contributed by atoms with Gasteiger partial charge in [-0.1, -0.05) is 44.4 Å². The second kappa shape index (κ2) is 10.2. The second-order valence-electron chi connectivity index (χ2n) is 13.3. The molecule has 0 aromatic heterocycles. The van der Waals surface area contributed by atoms with E-state index >= 15 is 4.39 Å². The third-order valence-electron chi connectivity index (χ3n) is 9.69. The number of carboxylic acid groups (broad SMARTS) is 1. The van der Waals surface area contributed by atoms with Crippen LogP contribution in [0.2, 0.25) is 5.02 Å². The van der Waals surface area contributed by atoms with Gasteiger partial charge in [0, 0.05) is 6.07 Å². The van der Waals surface area contributed by atoms with Gasteiger partial charge in [0.25, 0.3) is 0 Å². The summed E-state index contributed by atoms with van der Waals surface area (Å²) in [7, 11) is 1.46. The van der Waals surface area contributed by atoms with Gasteiger partial charge >= 0.3 is 5.97 Å². The number of nitrogens with one attached hydrogen (secondary N) is 1. The smallest absolute Gasteiger partial charge is 0.337 e. The van der Waals surface area contributed by atoms with Crippen LogP contribution in [0, 0.1) is 22.6 Å². The number of ether oxygens (including phenoxy) is 2. The van der Waals surface area contributed by atoms with Crippen LogP contribution in [0.1, 0.15) is 81.1 Å². The Morgan fingerprint density at radius 3 is 2.39 bits per heavy atom. The molecule has 3 aromatic rings. The Bertz CT molecular complexity index is 1500. The number of rotatable bonds is 7. The Balaban J connectivity index is 1.20. The zero-order chi connectivity index (χ0) is 29.0. The first-order valence-electron chi connectivity index (χ1n) is 14.4. The number of halogens is 2. The highest BCUT2D eigenvalue weighted by atomic mass is 35.5. The van der Waals surface area contributed by atoms with E-state index in [2.05, 4.69) is 31.3 Å². The van der Waals surface area contributed by atoms with Gasteiger partial charge in [0.05, 0.1) is 29.1 Å². The van der Waals surface area contributed by atoms with E-state index in [-0.39, 0.29) is 22.4 Å². The van der Waals surface area contributed by atoms with E-state index in [1.54, 1.807) is 18.2 Å². The first-order chi connectivity index (χ1) is 19.5. The molecular formula is C34H37ClFNO4. The van der Waals surface area contributed by atoms with Gasteiger partial charge in [-0.3, -0.25) is 0 Å². The molecule has 5 nitrogen and oxygen atoms in total. The quantitative estimate of drug-likeness (QED) is 0.292. The number of methoxy groups -OCH3 is 1. The van der Waals surface area contributed by atoms with Crippen LogP contribution in [-0.2, 0) is 5.41 Å². The van der Waals surface area contributed by atoms with Crippen LogP contribution in [0.3, 0.4) is 0 Å². The monoisotopic (exact) mass is 577 g/mol. The third-order valence-corrected chi connectivity index (χ3v) is 9.99. The lowest BCUT2D eigenvalue weighted by atomic mass is 9.42. The van der Waals surface area contributed by atoms with E-state index in [1.165, 1.54) is 82.2 Å². The van der Waals surface area contributed by atoms with Crippen molar-refractivity contribution >= 4 is 28.9 Å². The summed E-state index contributed by atoms with van der Waals surface area (Å²) >= 11 is 6.78. The van der Waals surface area contributed by atoms with Crippen molar-refractivity contribution in [1.29, 1.82) is 0 Å². The van der Waals surface area contributed by atoms with Crippen LogP contribution in [-0.4, -0.2) is 18.2 Å². The number of carbonyl (C=O) groups is 1. The molecule has 4 fully saturated rings. The maximum absolute atomic E-state index is 15.1. The molecule has 4 saturated carbocycles. The van der Waals surface area contributed by atoms with Crippen LogP contribution < -0.4 is 14.8 Å². The van der Waals surface area contributed by atoms with Crippen molar-refractivity contribution in [1.82, 2.24) is 0 Å². The van der Waals surface area contributed by atoms with Crippen molar-refractivity contribution in [2.24, 2.45) is 16.7 Å². The summed E-state index contributed by atoms with van der Waals surface area (Å²) in [6, 6.07) is 15.1. The average molecular weight is 578 g/mol. The lowest BCUT2D eigenvalue weighted by Gasteiger charge is -2.62. The van der Waals surface area contributed by atoms with Crippen LogP contribution in [0.15, 0.2) is 54.6 Å². The van der Waals surface area contributed by atoms with E-state index in [0.717, 1.165) is 5.92 Å². The molecule has 0 aliphatic heterocycles. The van der Waals surface area contributed by atoms with Crippen molar-refractivity contribution in [2.75, 3.05) is 12.4 Å². The van der Waals surface area contributed by atoms with Crippen molar-refractivity contribution in [3.05, 3.63) is 76.6 Å². The summed E-state index contributed by atoms with van der Waals surface area (Å²) in [5, 5.41) is 12.9. The van der Waals surface area contributed by atoms with Gasteiger partial charge in [0.1, 0.15) is 23.1 Å². The third kappa shape index (κ3) is 5.39. The molecule has 4 aliphatic carbocycles. The lowest BCUT2D eigenvalue weighted by molar-refractivity contribution is -0.0660. The van der Waals surface area contributed by atoms with Gasteiger partial charge in [-0.05, 0) is 109 Å². The minimum atomic E-state index is -1.15. The highest BCUT2D eigenvalue weighted by molar-refractivity contribution is 6.32. The Hall–Kier alpha value is -3.25. The fourth-order valence-electron chi connectivity index (χ4n) is 8.51. The molecule has 4 aliphatic rings. The minimum Gasteiger partial charge on any atom is -0.497 e. The number of benzene rings is 3. The Labute approximate surface area is 246 Å². The number of hydrogen-bond acceptors (Lipinski definition) is 4. The first-order valence-corrected chi connectivity index (χ1v) is 14.8. The number of carboxylic acids is 1. The van der Waals surface area contributed by atoms with E-state index in [4.69, 9.17) is 21.1 Å². The summed E-state index contributed by atoms with van der Waals surface area (Å²) in [5.41, 5.74) is 2.60. The summed E-state index contributed by atoms with van der Waals surface area (Å²) in [4.78, 5) is 11.7. The molecular weight excluding hydrogens is 541 g/mol. The summed E-state index contributed by atoms with van der Waals surface area (Å²) in [6.07, 6.45) is 10.3. The molecule has 0 saturated heterocycles. The molecule has 2 unspecified atom stereocenters. The normalized spacial score (nSPS) is 28.6. The second-order valence-corrected chi connectivity index (χ2v) is 13.7. The summed E-state index contributed by atoms with van der Waals surface area (Å²) < 4.78 is 26.2. The number of anilines is 2. The van der Waals surface area contributed by atoms with Crippen molar-refractivity contribution in [3.8, 4) is 17.2 Å². The molecule has 0 radical (unpaired) electrons. The zero-order valence-corrected chi connectivity index (χ0v) is 24.6. The SMILES string of the molecule is COc1ccc(Nc2ccc(Oc3ccc(C45CC6(C)CCCC(C6)CC(C)(C4)C5)cc3Cl)cc2F)c(C(=O)O)c1. The number of aromatic carboxylic acids is 1. The lowest BCUT2D eigenvalue weighted by Crippen LogP contribution is -2.54. The molecule has 0 spiro atoms. The summed E-state index contributed by atoms with van der Waals surface area (Å²) in [5.74, 6) is 0.325. The van der Waals surface area contributed by atoms with Gasteiger partial charge in [-0.15, -0.1) is 0 Å². The van der Waals surface area contributed by atoms with Gasteiger partial charge in [0.2, 0.25) is 0 Å². The van der Waals surface area contributed by atoms with Gasteiger partial charge in [0.15, 0.2) is 0 Å². The Morgan fingerprint density at radius 1 is 0.976 bits per heavy atom. The van der Waals surface area contributed by atoms with Gasteiger partial charge in [-0.25, -0.2) is 9.18 Å². The molecule has 3 aromatic carbocycles. The molecule has 216 valence electrons. The number of hydrogen-bond donors (Lipinski definition) is 2. The molecule has 0 heterocycles. The van der Waals surface area contributed by atoms with Crippen LogP contribution in [0.25, 0.3) is 0 Å².